The Morgan fingerprint density at radius 1 is 0.897 bits per heavy atom. The van der Waals surface area contributed by atoms with E-state index in [1.807, 2.05) is 6.07 Å². The zero-order valence-corrected chi connectivity index (χ0v) is 16.0. The first-order chi connectivity index (χ1) is 14.0. The van der Waals surface area contributed by atoms with Crippen molar-refractivity contribution in [1.29, 1.82) is 5.26 Å². The molecule has 146 valence electrons. The van der Waals surface area contributed by atoms with Gasteiger partial charge in [0.25, 0.3) is 15.9 Å². The number of carbonyl (C=O) groups is 1. The van der Waals surface area contributed by atoms with Gasteiger partial charge in [0.2, 0.25) is 0 Å². The largest absolute Gasteiger partial charge is 0.482 e. The summed E-state index contributed by atoms with van der Waals surface area (Å²) in [6.07, 6.45) is 0. The first kappa shape index (κ1) is 19.9. The Kier molecular flexibility index (Phi) is 6.12. The number of nitrogens with zero attached hydrogens (tertiary/aromatic N) is 1. The molecule has 0 atom stereocenters. The fourth-order valence-corrected chi connectivity index (χ4v) is 3.52. The van der Waals surface area contributed by atoms with Gasteiger partial charge in [-0.2, -0.15) is 5.26 Å². The molecule has 1 amide bonds. The van der Waals surface area contributed by atoms with Gasteiger partial charge in [-0.15, -0.1) is 0 Å². The molecular weight excluding hydrogens is 390 g/mol. The Balaban J connectivity index is 1.60. The number of carbonyl (C=O) groups excluding carboxylic acids is 1. The van der Waals surface area contributed by atoms with E-state index >= 15 is 0 Å². The van der Waals surface area contributed by atoms with Crippen LogP contribution in [-0.4, -0.2) is 20.9 Å². The van der Waals surface area contributed by atoms with Crippen LogP contribution in [-0.2, 0) is 14.8 Å². The maximum Gasteiger partial charge on any atom is 0.262 e. The van der Waals surface area contributed by atoms with Gasteiger partial charge in [0.05, 0.1) is 10.5 Å². The van der Waals surface area contributed by atoms with E-state index in [2.05, 4.69) is 10.0 Å². The summed E-state index contributed by atoms with van der Waals surface area (Å²) in [6, 6.07) is 22.9. The van der Waals surface area contributed by atoms with E-state index in [1.165, 1.54) is 24.3 Å². The second-order valence-corrected chi connectivity index (χ2v) is 7.62. The molecule has 0 spiro atoms. The SMILES string of the molecule is N#Cc1ccccc1OCC(=O)Nc1ccc(S(=O)(=O)Nc2ccccc2)cc1. The van der Waals surface area contributed by atoms with Gasteiger partial charge >= 0.3 is 0 Å². The van der Waals surface area contributed by atoms with Gasteiger partial charge in [0.15, 0.2) is 6.61 Å². The van der Waals surface area contributed by atoms with Gasteiger partial charge in [-0.05, 0) is 48.5 Å². The Bertz CT molecular complexity index is 1140. The monoisotopic (exact) mass is 407 g/mol. The molecule has 0 bridgehead atoms. The summed E-state index contributed by atoms with van der Waals surface area (Å²) < 4.78 is 32.7. The number of hydrogen-bond acceptors (Lipinski definition) is 5. The van der Waals surface area contributed by atoms with Crippen molar-refractivity contribution < 1.29 is 17.9 Å². The van der Waals surface area contributed by atoms with Gasteiger partial charge in [0, 0.05) is 11.4 Å². The van der Waals surface area contributed by atoms with Gasteiger partial charge in [-0.3, -0.25) is 9.52 Å². The molecule has 3 aromatic carbocycles. The van der Waals surface area contributed by atoms with Crippen molar-refractivity contribution >= 4 is 27.3 Å². The maximum absolute atomic E-state index is 12.4. The van der Waals surface area contributed by atoms with E-state index in [1.54, 1.807) is 54.6 Å². The third kappa shape index (κ3) is 5.34. The molecule has 0 saturated carbocycles. The summed E-state index contributed by atoms with van der Waals surface area (Å²) in [7, 11) is -3.73. The lowest BCUT2D eigenvalue weighted by Gasteiger charge is -2.10. The normalized spacial score (nSPS) is 10.6. The van der Waals surface area contributed by atoms with Crippen LogP contribution in [0.5, 0.6) is 5.75 Å². The van der Waals surface area contributed by atoms with Crippen molar-refractivity contribution in [3.05, 3.63) is 84.4 Å². The van der Waals surface area contributed by atoms with Crippen LogP contribution in [0.4, 0.5) is 11.4 Å². The van der Waals surface area contributed by atoms with Crippen molar-refractivity contribution in [2.24, 2.45) is 0 Å². The molecule has 8 heteroatoms. The standard InChI is InChI=1S/C21H17N3O4S/c22-14-16-6-4-5-9-20(16)28-15-21(25)23-17-10-12-19(13-11-17)29(26,27)24-18-7-2-1-3-8-18/h1-13,24H,15H2,(H,23,25). The molecule has 0 radical (unpaired) electrons. The highest BCUT2D eigenvalue weighted by Gasteiger charge is 2.14. The number of nitriles is 1. The number of sulfonamides is 1. The lowest BCUT2D eigenvalue weighted by atomic mass is 10.2. The van der Waals surface area contributed by atoms with Crippen molar-refractivity contribution in [3.8, 4) is 11.8 Å². The molecule has 0 heterocycles. The number of anilines is 2. The Morgan fingerprint density at radius 3 is 2.24 bits per heavy atom. The summed E-state index contributed by atoms with van der Waals surface area (Å²) in [6.45, 7) is -0.283. The molecule has 0 saturated heterocycles. The summed E-state index contributed by atoms with van der Waals surface area (Å²) in [5.41, 5.74) is 1.21. The number of amides is 1. The van der Waals surface area contributed by atoms with Gasteiger partial charge < -0.3 is 10.1 Å². The highest BCUT2D eigenvalue weighted by atomic mass is 32.2. The number of nitrogens with one attached hydrogen (secondary N) is 2. The predicted molar refractivity (Wildman–Crippen MR) is 109 cm³/mol. The zero-order chi connectivity index (χ0) is 20.7. The molecule has 7 nitrogen and oxygen atoms in total. The molecule has 0 fully saturated rings. The molecule has 2 N–H and O–H groups in total. The van der Waals surface area contributed by atoms with Crippen molar-refractivity contribution in [1.82, 2.24) is 0 Å². The third-order valence-corrected chi connectivity index (χ3v) is 5.24. The minimum atomic E-state index is -3.73. The minimum absolute atomic E-state index is 0.0681. The Labute approximate surface area is 168 Å². The quantitative estimate of drug-likeness (QED) is 0.624. The molecule has 0 aliphatic heterocycles. The van der Waals surface area contributed by atoms with E-state index in [0.29, 0.717) is 22.7 Å². The van der Waals surface area contributed by atoms with Crippen LogP contribution in [0.1, 0.15) is 5.56 Å². The highest BCUT2D eigenvalue weighted by molar-refractivity contribution is 7.92. The van der Waals surface area contributed by atoms with Crippen LogP contribution < -0.4 is 14.8 Å². The number of hydrogen-bond donors (Lipinski definition) is 2. The zero-order valence-electron chi connectivity index (χ0n) is 15.2. The van der Waals surface area contributed by atoms with E-state index < -0.39 is 15.9 Å². The second-order valence-electron chi connectivity index (χ2n) is 5.94. The summed E-state index contributed by atoms with van der Waals surface area (Å²) in [5, 5.41) is 11.6. The van der Waals surface area contributed by atoms with E-state index in [9.17, 15) is 13.2 Å². The molecule has 0 aliphatic carbocycles. The van der Waals surface area contributed by atoms with Crippen molar-refractivity contribution in [3.63, 3.8) is 0 Å². The van der Waals surface area contributed by atoms with Crippen molar-refractivity contribution in [2.75, 3.05) is 16.6 Å². The van der Waals surface area contributed by atoms with Gasteiger partial charge in [0.1, 0.15) is 11.8 Å². The number of ether oxygens (including phenoxy) is 1. The molecule has 29 heavy (non-hydrogen) atoms. The first-order valence-electron chi connectivity index (χ1n) is 8.58. The van der Waals surface area contributed by atoms with Crippen LogP contribution in [0.3, 0.4) is 0 Å². The summed E-state index contributed by atoms with van der Waals surface area (Å²) in [5.74, 6) is -0.116. The fourth-order valence-electron chi connectivity index (χ4n) is 2.46. The van der Waals surface area contributed by atoms with E-state index in [4.69, 9.17) is 10.00 Å². The fraction of sp³-hybridized carbons (Fsp3) is 0.0476. The first-order valence-corrected chi connectivity index (χ1v) is 10.1. The lowest BCUT2D eigenvalue weighted by Crippen LogP contribution is -2.20. The van der Waals surface area contributed by atoms with E-state index in [0.717, 1.165) is 0 Å². The van der Waals surface area contributed by atoms with Crippen LogP contribution in [0.25, 0.3) is 0 Å². The molecule has 0 aromatic heterocycles. The topological polar surface area (TPSA) is 108 Å². The third-order valence-electron chi connectivity index (χ3n) is 3.84. The van der Waals surface area contributed by atoms with Crippen LogP contribution >= 0.6 is 0 Å². The van der Waals surface area contributed by atoms with Crippen LogP contribution in [0, 0.1) is 11.3 Å². The average molecular weight is 407 g/mol. The molecular formula is C21H17N3O4S. The van der Waals surface area contributed by atoms with E-state index in [-0.39, 0.29) is 11.5 Å². The Morgan fingerprint density at radius 2 is 1.55 bits per heavy atom. The Hall–Kier alpha value is -3.83. The summed E-state index contributed by atoms with van der Waals surface area (Å²) in [4.78, 5) is 12.1. The second kappa shape index (κ2) is 8.91. The molecule has 0 aliphatic rings. The molecule has 0 unspecified atom stereocenters. The highest BCUT2D eigenvalue weighted by Crippen LogP contribution is 2.19. The average Bonchev–Trinajstić information content (AvgIpc) is 2.73. The van der Waals surface area contributed by atoms with Gasteiger partial charge in [-0.25, -0.2) is 8.42 Å². The molecule has 3 rings (SSSR count). The number of benzene rings is 3. The number of para-hydroxylation sites is 2. The molecule has 3 aromatic rings. The predicted octanol–water partition coefficient (Wildman–Crippen LogP) is 3.38. The van der Waals surface area contributed by atoms with Gasteiger partial charge in [-0.1, -0.05) is 30.3 Å². The summed E-state index contributed by atoms with van der Waals surface area (Å²) >= 11 is 0. The minimum Gasteiger partial charge on any atom is -0.482 e. The lowest BCUT2D eigenvalue weighted by molar-refractivity contribution is -0.118. The number of rotatable bonds is 7. The van der Waals surface area contributed by atoms with Crippen LogP contribution in [0.15, 0.2) is 83.8 Å². The van der Waals surface area contributed by atoms with Crippen LogP contribution in [0.2, 0.25) is 0 Å². The smallest absolute Gasteiger partial charge is 0.262 e. The maximum atomic E-state index is 12.4. The van der Waals surface area contributed by atoms with Crippen molar-refractivity contribution in [2.45, 2.75) is 4.90 Å².